The van der Waals surface area contributed by atoms with E-state index >= 15 is 0 Å². The van der Waals surface area contributed by atoms with Crippen LogP contribution >= 0.6 is 22.9 Å². The molecule has 1 N–H and O–H groups in total. The van der Waals surface area contributed by atoms with Gasteiger partial charge in [0.2, 0.25) is 0 Å². The zero-order chi connectivity index (χ0) is 13.8. The molecule has 8 heteroatoms. The number of methoxy groups -OCH3 is 1. The van der Waals surface area contributed by atoms with Crippen molar-refractivity contribution in [2.45, 2.75) is 6.42 Å². The van der Waals surface area contributed by atoms with Crippen LogP contribution in [-0.2, 0) is 18.2 Å². The van der Waals surface area contributed by atoms with Crippen LogP contribution < -0.4 is 5.32 Å². The molecule has 19 heavy (non-hydrogen) atoms. The quantitative estimate of drug-likeness (QED) is 0.855. The van der Waals surface area contributed by atoms with Gasteiger partial charge in [0.05, 0.1) is 12.8 Å². The lowest BCUT2D eigenvalue weighted by atomic mass is 10.3. The van der Waals surface area contributed by atoms with Crippen molar-refractivity contribution >= 4 is 34.0 Å². The van der Waals surface area contributed by atoms with Crippen LogP contribution in [0, 0.1) is 0 Å². The molecule has 2 aromatic rings. The number of carbonyl (C=O) groups excluding carboxylic acids is 1. The Kier molecular flexibility index (Phi) is 4.39. The van der Waals surface area contributed by atoms with Crippen LogP contribution in [-0.4, -0.2) is 34.4 Å². The number of hydrogen-bond donors (Lipinski definition) is 1. The maximum atomic E-state index is 11.4. The van der Waals surface area contributed by atoms with Crippen molar-refractivity contribution in [2.24, 2.45) is 7.05 Å². The third-order valence-corrected chi connectivity index (χ3v) is 3.76. The Morgan fingerprint density at radius 2 is 2.42 bits per heavy atom. The van der Waals surface area contributed by atoms with Crippen molar-refractivity contribution in [2.75, 3.05) is 19.0 Å². The van der Waals surface area contributed by atoms with Gasteiger partial charge in [-0.25, -0.2) is 9.78 Å². The van der Waals surface area contributed by atoms with E-state index < -0.39 is 5.97 Å². The highest BCUT2D eigenvalue weighted by Gasteiger charge is 2.16. The standard InChI is InChI=1S/C11H13ClN4O2S/c1-16-6-4-7(15-16)3-5-13-11-14-9(12)8(19-11)10(17)18-2/h4,6H,3,5H2,1-2H3,(H,13,14). The molecule has 0 atom stereocenters. The number of anilines is 1. The van der Waals surface area contributed by atoms with Gasteiger partial charge in [-0.05, 0) is 6.07 Å². The largest absolute Gasteiger partial charge is 0.465 e. The monoisotopic (exact) mass is 300 g/mol. The molecule has 0 spiro atoms. The minimum Gasteiger partial charge on any atom is -0.465 e. The molecule has 0 saturated carbocycles. The smallest absolute Gasteiger partial charge is 0.351 e. The molecule has 2 rings (SSSR count). The molecule has 0 unspecified atom stereocenters. The van der Waals surface area contributed by atoms with E-state index in [0.717, 1.165) is 12.1 Å². The number of hydrogen-bond acceptors (Lipinski definition) is 6. The first-order valence-electron chi connectivity index (χ1n) is 5.57. The summed E-state index contributed by atoms with van der Waals surface area (Å²) in [6, 6.07) is 1.95. The van der Waals surface area contributed by atoms with E-state index in [9.17, 15) is 4.79 Å². The second-order valence-corrected chi connectivity index (χ2v) is 5.15. The number of aryl methyl sites for hydroxylation is 1. The maximum Gasteiger partial charge on any atom is 0.351 e. The summed E-state index contributed by atoms with van der Waals surface area (Å²) in [5.74, 6) is -0.472. The molecule has 6 nitrogen and oxygen atoms in total. The molecule has 0 aliphatic heterocycles. The number of aromatic nitrogens is 3. The van der Waals surface area contributed by atoms with Crippen LogP contribution in [0.2, 0.25) is 5.15 Å². The molecule has 0 aliphatic rings. The van der Waals surface area contributed by atoms with Gasteiger partial charge in [0, 0.05) is 26.2 Å². The lowest BCUT2D eigenvalue weighted by Gasteiger charge is -1.99. The number of esters is 1. The summed E-state index contributed by atoms with van der Waals surface area (Å²) in [7, 11) is 3.19. The average Bonchev–Trinajstić information content (AvgIpc) is 2.95. The van der Waals surface area contributed by atoms with Crippen molar-refractivity contribution in [3.05, 3.63) is 28.0 Å². The molecule has 0 saturated heterocycles. The number of carbonyl (C=O) groups is 1. The molecule has 2 aromatic heterocycles. The van der Waals surface area contributed by atoms with Crippen molar-refractivity contribution in [1.82, 2.24) is 14.8 Å². The van der Waals surface area contributed by atoms with Crippen LogP contribution in [0.15, 0.2) is 12.3 Å². The molecule has 0 aliphatic carbocycles. The molecule has 2 heterocycles. The molecule has 0 aromatic carbocycles. The third-order valence-electron chi connectivity index (χ3n) is 2.38. The van der Waals surface area contributed by atoms with E-state index in [-0.39, 0.29) is 5.15 Å². The Balaban J connectivity index is 1.91. The fourth-order valence-corrected chi connectivity index (χ4v) is 2.62. The van der Waals surface area contributed by atoms with E-state index in [1.807, 2.05) is 19.3 Å². The number of thiazole rings is 1. The fourth-order valence-electron chi connectivity index (χ4n) is 1.49. The highest BCUT2D eigenvalue weighted by molar-refractivity contribution is 7.18. The zero-order valence-electron chi connectivity index (χ0n) is 10.5. The first-order chi connectivity index (χ1) is 9.10. The third kappa shape index (κ3) is 3.45. The average molecular weight is 301 g/mol. The molecule has 0 fully saturated rings. The Morgan fingerprint density at radius 1 is 1.63 bits per heavy atom. The van der Waals surface area contributed by atoms with Gasteiger partial charge in [-0.1, -0.05) is 22.9 Å². The molecule has 0 bridgehead atoms. The zero-order valence-corrected chi connectivity index (χ0v) is 12.1. The van der Waals surface area contributed by atoms with Crippen LogP contribution in [0.5, 0.6) is 0 Å². The Bertz CT molecular complexity index is 581. The summed E-state index contributed by atoms with van der Waals surface area (Å²) in [5.41, 5.74) is 0.992. The first-order valence-corrected chi connectivity index (χ1v) is 6.76. The maximum absolute atomic E-state index is 11.4. The van der Waals surface area contributed by atoms with Gasteiger partial charge >= 0.3 is 5.97 Å². The van der Waals surface area contributed by atoms with Crippen LogP contribution in [0.1, 0.15) is 15.4 Å². The van der Waals surface area contributed by atoms with E-state index in [0.29, 0.717) is 16.6 Å². The van der Waals surface area contributed by atoms with Crippen molar-refractivity contribution < 1.29 is 9.53 Å². The van der Waals surface area contributed by atoms with Gasteiger partial charge in [-0.2, -0.15) is 5.10 Å². The van der Waals surface area contributed by atoms with Crippen molar-refractivity contribution in [1.29, 1.82) is 0 Å². The lowest BCUT2D eigenvalue weighted by molar-refractivity contribution is 0.0606. The van der Waals surface area contributed by atoms with Crippen LogP contribution in [0.25, 0.3) is 0 Å². The van der Waals surface area contributed by atoms with E-state index in [1.165, 1.54) is 18.4 Å². The van der Waals surface area contributed by atoms with Gasteiger partial charge in [0.15, 0.2) is 15.2 Å². The normalized spacial score (nSPS) is 10.5. The SMILES string of the molecule is COC(=O)c1sc(NCCc2ccn(C)n2)nc1Cl. The number of nitrogens with zero attached hydrogens (tertiary/aromatic N) is 3. The fraction of sp³-hybridized carbons (Fsp3) is 0.364. The van der Waals surface area contributed by atoms with Crippen molar-refractivity contribution in [3.8, 4) is 0 Å². The van der Waals surface area contributed by atoms with Crippen molar-refractivity contribution in [3.63, 3.8) is 0 Å². The second kappa shape index (κ2) is 6.03. The number of nitrogens with one attached hydrogen (secondary N) is 1. The molecular formula is C11H13ClN4O2S. The van der Waals surface area contributed by atoms with Gasteiger partial charge in [-0.3, -0.25) is 4.68 Å². The van der Waals surface area contributed by atoms with E-state index in [2.05, 4.69) is 20.1 Å². The van der Waals surface area contributed by atoms with Gasteiger partial charge < -0.3 is 10.1 Å². The summed E-state index contributed by atoms with van der Waals surface area (Å²) >= 11 is 7.04. The predicted octanol–water partition coefficient (Wildman–Crippen LogP) is 1.97. The number of ether oxygens (including phenoxy) is 1. The van der Waals surface area contributed by atoms with Gasteiger partial charge in [0.1, 0.15) is 0 Å². The highest BCUT2D eigenvalue weighted by Crippen LogP contribution is 2.27. The first kappa shape index (κ1) is 13.8. The minimum atomic E-state index is -0.472. The van der Waals surface area contributed by atoms with E-state index in [4.69, 9.17) is 11.6 Å². The summed E-state index contributed by atoms with van der Waals surface area (Å²) in [4.78, 5) is 15.7. The minimum absolute atomic E-state index is 0.164. The lowest BCUT2D eigenvalue weighted by Crippen LogP contribution is -2.05. The van der Waals surface area contributed by atoms with Gasteiger partial charge in [-0.15, -0.1) is 0 Å². The Labute approximate surface area is 119 Å². The Morgan fingerprint density at radius 3 is 3.05 bits per heavy atom. The summed E-state index contributed by atoms with van der Waals surface area (Å²) in [6.45, 7) is 0.668. The molecular weight excluding hydrogens is 288 g/mol. The summed E-state index contributed by atoms with van der Waals surface area (Å²) in [5, 5.41) is 8.14. The highest BCUT2D eigenvalue weighted by atomic mass is 35.5. The van der Waals surface area contributed by atoms with Crippen LogP contribution in [0.4, 0.5) is 5.13 Å². The van der Waals surface area contributed by atoms with E-state index in [1.54, 1.807) is 4.68 Å². The predicted molar refractivity (Wildman–Crippen MR) is 73.9 cm³/mol. The summed E-state index contributed by atoms with van der Waals surface area (Å²) in [6.07, 6.45) is 2.66. The topological polar surface area (TPSA) is 69.0 Å². The molecule has 102 valence electrons. The second-order valence-electron chi connectivity index (χ2n) is 3.79. The summed E-state index contributed by atoms with van der Waals surface area (Å²) < 4.78 is 6.37. The number of halogens is 1. The Hall–Kier alpha value is -1.60. The molecule has 0 radical (unpaired) electrons. The van der Waals surface area contributed by atoms with Gasteiger partial charge in [0.25, 0.3) is 0 Å². The molecule has 0 amide bonds. The number of rotatable bonds is 5. The van der Waals surface area contributed by atoms with Crippen LogP contribution in [0.3, 0.4) is 0 Å².